The van der Waals surface area contributed by atoms with E-state index in [1.807, 2.05) is 11.6 Å². The number of rotatable bonds is 5. The van der Waals surface area contributed by atoms with Crippen LogP contribution in [0.3, 0.4) is 0 Å². The standard InChI is InChI=1S/C27H38N4O5S/c1-18-14-31(16-25-28-9-12-37-25)19(2)17-36-23-13-21(29-26(32)20-7-10-35-11-8-20)5-6-22(23)27(33)30(3)15-24(18)34-4/h5-6,9,12-13,18-20,24H,7-8,10-11,14-17H2,1-4H3,(H,29,32)/t18-,19+,24+/m0/s1. The van der Waals surface area contributed by atoms with Crippen molar-refractivity contribution in [2.45, 2.75) is 45.4 Å². The molecule has 3 heterocycles. The van der Waals surface area contributed by atoms with Gasteiger partial charge >= 0.3 is 0 Å². The molecule has 0 unspecified atom stereocenters. The highest BCUT2D eigenvalue weighted by Gasteiger charge is 2.29. The molecule has 2 amide bonds. The van der Waals surface area contributed by atoms with Gasteiger partial charge < -0.3 is 24.4 Å². The van der Waals surface area contributed by atoms with Crippen LogP contribution in [0, 0.1) is 11.8 Å². The zero-order chi connectivity index (χ0) is 26.4. The third kappa shape index (κ3) is 7.07. The van der Waals surface area contributed by atoms with Gasteiger partial charge in [0.15, 0.2) is 0 Å². The quantitative estimate of drug-likeness (QED) is 0.632. The molecule has 1 aromatic heterocycles. The van der Waals surface area contributed by atoms with E-state index in [2.05, 4.69) is 29.0 Å². The molecule has 2 aliphatic heterocycles. The number of benzene rings is 1. The Hall–Kier alpha value is -2.53. The number of nitrogens with zero attached hydrogens (tertiary/aromatic N) is 3. The number of likely N-dealkylation sites (N-methyl/N-ethyl adjacent to an activating group) is 1. The molecule has 202 valence electrons. The first-order chi connectivity index (χ1) is 17.9. The Morgan fingerprint density at radius 2 is 2.03 bits per heavy atom. The minimum absolute atomic E-state index is 0.0280. The van der Waals surface area contributed by atoms with Crippen molar-refractivity contribution >= 4 is 28.8 Å². The Balaban J connectivity index is 1.59. The van der Waals surface area contributed by atoms with Crippen LogP contribution in [-0.4, -0.2) is 85.8 Å². The van der Waals surface area contributed by atoms with Gasteiger partial charge in [0.1, 0.15) is 17.4 Å². The van der Waals surface area contributed by atoms with Crippen molar-refractivity contribution in [3.63, 3.8) is 0 Å². The number of ether oxygens (including phenoxy) is 3. The largest absolute Gasteiger partial charge is 0.491 e. The number of aromatic nitrogens is 1. The molecule has 0 saturated carbocycles. The van der Waals surface area contributed by atoms with Gasteiger partial charge in [0.25, 0.3) is 5.91 Å². The summed E-state index contributed by atoms with van der Waals surface area (Å²) in [5, 5.41) is 6.04. The van der Waals surface area contributed by atoms with Gasteiger partial charge in [0.2, 0.25) is 5.91 Å². The Morgan fingerprint density at radius 3 is 2.73 bits per heavy atom. The van der Waals surface area contributed by atoms with E-state index in [0.717, 1.165) is 11.6 Å². The first-order valence-corrected chi connectivity index (χ1v) is 13.8. The van der Waals surface area contributed by atoms with Crippen LogP contribution in [0.4, 0.5) is 5.69 Å². The number of fused-ring (bicyclic) bond motifs is 1. The van der Waals surface area contributed by atoms with Gasteiger partial charge in [-0.1, -0.05) is 6.92 Å². The molecule has 1 fully saturated rings. The van der Waals surface area contributed by atoms with Crippen LogP contribution in [0.1, 0.15) is 42.1 Å². The van der Waals surface area contributed by atoms with Crippen LogP contribution in [-0.2, 0) is 20.8 Å². The molecule has 2 aliphatic rings. The van der Waals surface area contributed by atoms with Gasteiger partial charge in [-0.05, 0) is 37.8 Å². The van der Waals surface area contributed by atoms with Crippen molar-refractivity contribution in [1.29, 1.82) is 0 Å². The van der Waals surface area contributed by atoms with E-state index in [9.17, 15) is 9.59 Å². The number of carbonyl (C=O) groups excluding carboxylic acids is 2. The fourth-order valence-corrected chi connectivity index (χ4v) is 5.49. The topological polar surface area (TPSA) is 93.2 Å². The van der Waals surface area contributed by atoms with E-state index in [1.165, 1.54) is 0 Å². The van der Waals surface area contributed by atoms with Gasteiger partial charge in [0, 0.05) is 75.8 Å². The fraction of sp³-hybridized carbons (Fsp3) is 0.593. The van der Waals surface area contributed by atoms with Crippen LogP contribution < -0.4 is 10.1 Å². The zero-order valence-corrected chi connectivity index (χ0v) is 23.0. The summed E-state index contributed by atoms with van der Waals surface area (Å²) in [6, 6.07) is 5.33. The molecule has 37 heavy (non-hydrogen) atoms. The number of carbonyl (C=O) groups is 2. The van der Waals surface area contributed by atoms with Crippen LogP contribution >= 0.6 is 11.3 Å². The fourth-order valence-electron chi connectivity index (χ4n) is 4.85. The van der Waals surface area contributed by atoms with Crippen molar-refractivity contribution < 1.29 is 23.8 Å². The van der Waals surface area contributed by atoms with E-state index < -0.39 is 0 Å². The average Bonchev–Trinajstić information content (AvgIpc) is 3.42. The average molecular weight is 531 g/mol. The summed E-state index contributed by atoms with van der Waals surface area (Å²) in [5.74, 6) is 0.407. The molecular formula is C27H38N4O5S. The van der Waals surface area contributed by atoms with Crippen molar-refractivity contribution in [3.05, 3.63) is 40.3 Å². The maximum Gasteiger partial charge on any atom is 0.257 e. The number of hydrogen-bond donors (Lipinski definition) is 1. The van der Waals surface area contributed by atoms with E-state index in [1.54, 1.807) is 48.6 Å². The lowest BCUT2D eigenvalue weighted by Crippen LogP contribution is -2.46. The zero-order valence-electron chi connectivity index (χ0n) is 22.1. The first kappa shape index (κ1) is 27.5. The predicted octanol–water partition coefficient (Wildman–Crippen LogP) is 3.51. The molecule has 0 spiro atoms. The van der Waals surface area contributed by atoms with Gasteiger partial charge in [0.05, 0.1) is 18.2 Å². The SMILES string of the molecule is CO[C@@H]1CN(C)C(=O)c2ccc(NC(=O)C3CCOCC3)cc2OC[C@@H](C)N(Cc2nccs2)C[C@@H]1C. The van der Waals surface area contributed by atoms with E-state index >= 15 is 0 Å². The maximum atomic E-state index is 13.4. The Morgan fingerprint density at radius 1 is 1.24 bits per heavy atom. The third-order valence-electron chi connectivity index (χ3n) is 7.26. The highest BCUT2D eigenvalue weighted by atomic mass is 32.1. The summed E-state index contributed by atoms with van der Waals surface area (Å²) in [7, 11) is 3.48. The van der Waals surface area contributed by atoms with Gasteiger partial charge in [-0.3, -0.25) is 14.5 Å². The molecule has 0 aliphatic carbocycles. The summed E-state index contributed by atoms with van der Waals surface area (Å²) < 4.78 is 17.5. The Labute approximate surface area is 223 Å². The normalized spacial score (nSPS) is 24.5. The molecule has 0 radical (unpaired) electrons. The smallest absolute Gasteiger partial charge is 0.257 e. The summed E-state index contributed by atoms with van der Waals surface area (Å²) >= 11 is 1.64. The number of anilines is 1. The lowest BCUT2D eigenvalue weighted by Gasteiger charge is -2.35. The van der Waals surface area contributed by atoms with Gasteiger partial charge in [-0.15, -0.1) is 11.3 Å². The second kappa shape index (κ2) is 12.8. The molecule has 9 nitrogen and oxygen atoms in total. The lowest BCUT2D eigenvalue weighted by atomic mass is 9.99. The highest BCUT2D eigenvalue weighted by molar-refractivity contribution is 7.09. The van der Waals surface area contributed by atoms with Crippen molar-refractivity contribution in [2.24, 2.45) is 11.8 Å². The number of methoxy groups -OCH3 is 1. The van der Waals surface area contributed by atoms with Crippen molar-refractivity contribution in [2.75, 3.05) is 52.4 Å². The summed E-state index contributed by atoms with van der Waals surface area (Å²) in [6.07, 6.45) is 3.12. The summed E-state index contributed by atoms with van der Waals surface area (Å²) in [6.45, 7) is 7.81. The molecular weight excluding hydrogens is 492 g/mol. The maximum absolute atomic E-state index is 13.4. The summed E-state index contributed by atoms with van der Waals surface area (Å²) in [4.78, 5) is 34.7. The first-order valence-electron chi connectivity index (χ1n) is 12.9. The number of amides is 2. The van der Waals surface area contributed by atoms with Crippen LogP contribution in [0.5, 0.6) is 5.75 Å². The molecule has 0 bridgehead atoms. The molecule has 10 heteroatoms. The molecule has 2 aromatic rings. The minimum atomic E-state index is -0.139. The van der Waals surface area contributed by atoms with E-state index in [-0.39, 0.29) is 35.8 Å². The second-order valence-electron chi connectivity index (χ2n) is 10.0. The number of hydrogen-bond acceptors (Lipinski definition) is 8. The van der Waals surface area contributed by atoms with Gasteiger partial charge in [-0.25, -0.2) is 4.98 Å². The minimum Gasteiger partial charge on any atom is -0.491 e. The van der Waals surface area contributed by atoms with Crippen molar-refractivity contribution in [3.8, 4) is 5.75 Å². The Bertz CT molecular complexity index is 1040. The highest BCUT2D eigenvalue weighted by Crippen LogP contribution is 2.28. The monoisotopic (exact) mass is 530 g/mol. The predicted molar refractivity (Wildman–Crippen MR) is 143 cm³/mol. The van der Waals surface area contributed by atoms with Gasteiger partial charge in [-0.2, -0.15) is 0 Å². The number of nitrogens with one attached hydrogen (secondary N) is 1. The molecule has 1 aromatic carbocycles. The van der Waals surface area contributed by atoms with Crippen LogP contribution in [0.25, 0.3) is 0 Å². The van der Waals surface area contributed by atoms with E-state index in [4.69, 9.17) is 14.2 Å². The Kier molecular flexibility index (Phi) is 9.53. The van der Waals surface area contributed by atoms with E-state index in [0.29, 0.717) is 62.8 Å². The van der Waals surface area contributed by atoms with Crippen molar-refractivity contribution in [1.82, 2.24) is 14.8 Å². The molecule has 1 N–H and O–H groups in total. The number of thiazole rings is 1. The second-order valence-corrected chi connectivity index (χ2v) is 11.0. The van der Waals surface area contributed by atoms with Crippen LogP contribution in [0.15, 0.2) is 29.8 Å². The lowest BCUT2D eigenvalue weighted by molar-refractivity contribution is -0.122. The molecule has 1 saturated heterocycles. The molecule has 4 rings (SSSR count). The molecule has 3 atom stereocenters. The van der Waals surface area contributed by atoms with Crippen LogP contribution in [0.2, 0.25) is 0 Å². The summed E-state index contributed by atoms with van der Waals surface area (Å²) in [5.41, 5.74) is 1.08. The third-order valence-corrected chi connectivity index (χ3v) is 8.02.